The lowest BCUT2D eigenvalue weighted by Gasteiger charge is -2.28. The summed E-state index contributed by atoms with van der Waals surface area (Å²) in [6, 6.07) is 21.8. The van der Waals surface area contributed by atoms with Gasteiger partial charge in [-0.3, -0.25) is 23.7 Å². The Labute approximate surface area is 354 Å². The van der Waals surface area contributed by atoms with Gasteiger partial charge in [0.25, 0.3) is 5.91 Å². The number of carboxylic acids is 1. The van der Waals surface area contributed by atoms with Crippen molar-refractivity contribution in [3.8, 4) is 28.3 Å². The number of nitrogens with one attached hydrogen (secondary N) is 2. The van der Waals surface area contributed by atoms with Gasteiger partial charge >= 0.3 is 11.7 Å². The first-order valence-electron chi connectivity index (χ1n) is 20.7. The number of nitrogens with zero attached hydrogens (tertiary/aromatic N) is 7. The average Bonchev–Trinajstić information content (AvgIpc) is 3.93. The molecule has 0 bridgehead atoms. The van der Waals surface area contributed by atoms with Crippen LogP contribution in [0.3, 0.4) is 0 Å². The molecule has 0 radical (unpaired) electrons. The van der Waals surface area contributed by atoms with Crippen LogP contribution in [0.4, 0.5) is 5.69 Å². The Kier molecular flexibility index (Phi) is 10.6. The molecule has 1 aliphatic heterocycles. The number of anilines is 1. The van der Waals surface area contributed by atoms with Crippen LogP contribution in [0.1, 0.15) is 76.9 Å². The predicted octanol–water partition coefficient (Wildman–Crippen LogP) is 8.06. The van der Waals surface area contributed by atoms with Gasteiger partial charge < -0.3 is 25.3 Å². The molecule has 4 aromatic heterocycles. The maximum atomic E-state index is 15.0. The van der Waals surface area contributed by atoms with Gasteiger partial charge in [-0.05, 0) is 130 Å². The highest BCUT2D eigenvalue weighted by Crippen LogP contribution is 2.34. The van der Waals surface area contributed by atoms with Crippen molar-refractivity contribution >= 4 is 34.7 Å². The molecule has 13 heteroatoms. The zero-order valence-corrected chi connectivity index (χ0v) is 35.7. The molecule has 5 heterocycles. The van der Waals surface area contributed by atoms with E-state index in [0.29, 0.717) is 48.7 Å². The average molecular weight is 818 g/mol. The van der Waals surface area contributed by atoms with Crippen LogP contribution in [0.2, 0.25) is 0 Å². The van der Waals surface area contributed by atoms with Gasteiger partial charge in [-0.2, -0.15) is 5.10 Å². The van der Waals surface area contributed by atoms with E-state index in [2.05, 4.69) is 42.3 Å². The van der Waals surface area contributed by atoms with E-state index in [1.807, 2.05) is 76.7 Å². The molecule has 8 rings (SSSR count). The minimum Gasteiger partial charge on any atom is -0.481 e. The number of benzene rings is 3. The van der Waals surface area contributed by atoms with Crippen molar-refractivity contribution in [3.63, 3.8) is 0 Å². The smallest absolute Gasteiger partial charge is 0.338 e. The van der Waals surface area contributed by atoms with E-state index in [0.717, 1.165) is 73.5 Å². The van der Waals surface area contributed by atoms with E-state index in [-0.39, 0.29) is 18.1 Å². The predicted molar refractivity (Wildman–Crippen MR) is 239 cm³/mol. The summed E-state index contributed by atoms with van der Waals surface area (Å²) in [5.41, 5.74) is 10.7. The van der Waals surface area contributed by atoms with Crippen LogP contribution in [0, 0.1) is 31.6 Å². The highest BCUT2D eigenvalue weighted by atomic mass is 16.4. The van der Waals surface area contributed by atoms with Crippen molar-refractivity contribution < 1.29 is 14.7 Å². The summed E-state index contributed by atoms with van der Waals surface area (Å²) in [5.74, 6) is -0.540. The summed E-state index contributed by atoms with van der Waals surface area (Å²) in [6.07, 6.45) is 8.12. The monoisotopic (exact) mass is 817 g/mol. The Bertz CT molecular complexity index is 2920. The van der Waals surface area contributed by atoms with Gasteiger partial charge in [-0.1, -0.05) is 19.1 Å². The standard InChI is InChI=1S/C48H51N9O4/c1-8-39-31(4)37(13-16-51-39)32-9-12-42-33(24-32)26-43(55(42)18-15-48(5,6)46(59)60)45(58)53-17-14-41-38(28-53)44(57(52-41)36-22-29(2)21-30(3)23-36)56-20-19-54(47(56)61)35-10-11-40(50-7)34(25-35)27-49/h9-13,16,19-27,49-50H,8,14-15,17-18,28H2,1-7H3,(H,59,60). The van der Waals surface area contributed by atoms with Gasteiger partial charge in [0.1, 0.15) is 11.5 Å². The molecule has 3 N–H and O–H groups in total. The van der Waals surface area contributed by atoms with Crippen LogP contribution < -0.4 is 11.0 Å². The van der Waals surface area contributed by atoms with Crippen molar-refractivity contribution in [1.29, 1.82) is 5.41 Å². The summed E-state index contributed by atoms with van der Waals surface area (Å²) >= 11 is 0. The fraction of sp³-hybridized carbons (Fsp3) is 0.292. The van der Waals surface area contributed by atoms with Crippen molar-refractivity contribution in [3.05, 3.63) is 141 Å². The van der Waals surface area contributed by atoms with E-state index in [4.69, 9.17) is 10.5 Å². The second-order valence-corrected chi connectivity index (χ2v) is 16.6. The van der Waals surface area contributed by atoms with Crippen molar-refractivity contribution in [1.82, 2.24) is 33.4 Å². The van der Waals surface area contributed by atoms with Gasteiger partial charge in [0.15, 0.2) is 0 Å². The number of aromatic nitrogens is 6. The van der Waals surface area contributed by atoms with Crippen LogP contribution in [-0.2, 0) is 30.7 Å². The molecule has 13 nitrogen and oxygen atoms in total. The lowest BCUT2D eigenvalue weighted by molar-refractivity contribution is -0.147. The largest absolute Gasteiger partial charge is 0.481 e. The normalized spacial score (nSPS) is 12.8. The van der Waals surface area contributed by atoms with Gasteiger partial charge in [0, 0.05) is 84.8 Å². The number of pyridine rings is 1. The number of carbonyl (C=O) groups excluding carboxylic acids is 1. The number of carbonyl (C=O) groups is 2. The molecule has 61 heavy (non-hydrogen) atoms. The number of amides is 1. The number of fused-ring (bicyclic) bond motifs is 2. The molecule has 0 unspecified atom stereocenters. The molecule has 312 valence electrons. The Balaban J connectivity index is 1.23. The Hall–Kier alpha value is -7.02. The summed E-state index contributed by atoms with van der Waals surface area (Å²) in [5, 5.41) is 27.0. The third kappa shape index (κ3) is 7.34. The number of carboxylic acid groups (broad SMARTS) is 1. The molecule has 1 amide bonds. The number of imidazole rings is 1. The number of rotatable bonds is 12. The number of hydrogen-bond acceptors (Lipinski definition) is 7. The Morgan fingerprint density at radius 2 is 1.70 bits per heavy atom. The minimum absolute atomic E-state index is 0.191. The van der Waals surface area contributed by atoms with Gasteiger partial charge in [-0.25, -0.2) is 9.48 Å². The van der Waals surface area contributed by atoms with E-state index in [1.165, 1.54) is 6.21 Å². The highest BCUT2D eigenvalue weighted by molar-refractivity contribution is 6.00. The second-order valence-electron chi connectivity index (χ2n) is 16.6. The molecular formula is C48H51N9O4. The first-order valence-corrected chi connectivity index (χ1v) is 20.7. The molecule has 0 saturated carbocycles. The Morgan fingerprint density at radius 3 is 2.41 bits per heavy atom. The van der Waals surface area contributed by atoms with E-state index in [9.17, 15) is 19.5 Å². The van der Waals surface area contributed by atoms with Crippen LogP contribution in [0.15, 0.2) is 90.1 Å². The lowest BCUT2D eigenvalue weighted by Crippen LogP contribution is -2.37. The summed E-state index contributed by atoms with van der Waals surface area (Å²) in [6.45, 7) is 12.6. The third-order valence-electron chi connectivity index (χ3n) is 12.1. The molecule has 0 spiro atoms. The molecule has 0 aliphatic carbocycles. The van der Waals surface area contributed by atoms with Crippen LogP contribution in [-0.4, -0.2) is 70.2 Å². The SMILES string of the molecule is CCc1nccc(-c2ccc3c(c2)cc(C(=O)N2CCc4nn(-c5cc(C)cc(C)c5)c(-n5ccn(-c6ccc(NC)c(C=N)c6)c5=O)c4C2)n3CCC(C)(C)C(=O)O)c1C. The lowest BCUT2D eigenvalue weighted by atomic mass is 9.89. The molecule has 7 aromatic rings. The summed E-state index contributed by atoms with van der Waals surface area (Å²) in [4.78, 5) is 48.1. The first kappa shape index (κ1) is 40.7. The number of aliphatic carboxylic acids is 1. The van der Waals surface area contributed by atoms with E-state index >= 15 is 0 Å². The van der Waals surface area contributed by atoms with E-state index < -0.39 is 11.4 Å². The van der Waals surface area contributed by atoms with Crippen molar-refractivity contribution in [2.24, 2.45) is 5.41 Å². The molecule has 1 aliphatic rings. The quantitative estimate of drug-likeness (QED) is 0.105. The molecule has 0 saturated heterocycles. The van der Waals surface area contributed by atoms with Crippen LogP contribution in [0.25, 0.3) is 39.2 Å². The summed E-state index contributed by atoms with van der Waals surface area (Å²) < 4.78 is 6.91. The van der Waals surface area contributed by atoms with E-state index in [1.54, 1.807) is 48.5 Å². The summed E-state index contributed by atoms with van der Waals surface area (Å²) in [7, 11) is 1.79. The second kappa shape index (κ2) is 15.9. The molecular weight excluding hydrogens is 767 g/mol. The maximum Gasteiger partial charge on any atom is 0.338 e. The zero-order chi connectivity index (χ0) is 43.3. The van der Waals surface area contributed by atoms with Crippen molar-refractivity contribution in [2.75, 3.05) is 18.9 Å². The number of aryl methyl sites for hydroxylation is 4. The topological polar surface area (TPSA) is 156 Å². The maximum absolute atomic E-state index is 15.0. The number of hydrogen-bond donors (Lipinski definition) is 3. The first-order chi connectivity index (χ1) is 29.2. The van der Waals surface area contributed by atoms with Crippen molar-refractivity contribution in [2.45, 2.75) is 73.9 Å². The Morgan fingerprint density at radius 1 is 0.951 bits per heavy atom. The van der Waals surface area contributed by atoms with Gasteiger partial charge in [0.05, 0.1) is 29.0 Å². The zero-order valence-electron chi connectivity index (χ0n) is 35.7. The molecule has 0 fully saturated rings. The van der Waals surface area contributed by atoms with Gasteiger partial charge in [-0.15, -0.1) is 0 Å². The highest BCUT2D eigenvalue weighted by Gasteiger charge is 2.33. The molecule has 0 atom stereocenters. The van der Waals surface area contributed by atoms with Crippen LogP contribution >= 0.6 is 0 Å². The van der Waals surface area contributed by atoms with Crippen LogP contribution in [0.5, 0.6) is 0 Å². The third-order valence-corrected chi connectivity index (χ3v) is 12.1. The fourth-order valence-electron chi connectivity index (χ4n) is 8.58. The van der Waals surface area contributed by atoms with Gasteiger partial charge in [0.2, 0.25) is 0 Å². The fourth-order valence-corrected chi connectivity index (χ4v) is 8.58. The molecule has 3 aromatic carbocycles. The minimum atomic E-state index is -1.02.